The Balaban J connectivity index is 1.74. The van der Waals surface area contributed by atoms with E-state index in [-0.39, 0.29) is 18.3 Å². The van der Waals surface area contributed by atoms with Gasteiger partial charge in [0, 0.05) is 20.6 Å². The number of rotatable bonds is 6. The summed E-state index contributed by atoms with van der Waals surface area (Å²) in [6.45, 7) is 3.41. The Morgan fingerprint density at radius 3 is 2.42 bits per heavy atom. The van der Waals surface area contributed by atoms with Gasteiger partial charge in [-0.25, -0.2) is 9.97 Å². The highest BCUT2D eigenvalue weighted by Gasteiger charge is 2.10. The highest BCUT2D eigenvalue weighted by Crippen LogP contribution is 2.14. The maximum atomic E-state index is 11.7. The third-order valence-electron chi connectivity index (χ3n) is 2.77. The van der Waals surface area contributed by atoms with E-state index < -0.39 is 5.97 Å². The number of thioether (sulfide) groups is 1. The molecular formula is C16H16IN3O3S. The van der Waals surface area contributed by atoms with Crippen molar-refractivity contribution >= 4 is 51.9 Å². The van der Waals surface area contributed by atoms with Crippen molar-refractivity contribution in [1.82, 2.24) is 9.97 Å². The number of hydrogen-bond donors (Lipinski definition) is 1. The molecule has 1 aromatic heterocycles. The van der Waals surface area contributed by atoms with E-state index in [0.717, 1.165) is 15.0 Å². The SMILES string of the molecule is Cc1cc(C)nc(SCC(=O)OCC(=O)Nc2ccc(I)cc2)n1. The minimum Gasteiger partial charge on any atom is -0.455 e. The first-order valence-corrected chi connectivity index (χ1v) is 9.15. The molecule has 1 heterocycles. The molecule has 1 amide bonds. The zero-order valence-electron chi connectivity index (χ0n) is 13.2. The van der Waals surface area contributed by atoms with Crippen LogP contribution >= 0.6 is 34.4 Å². The first-order valence-electron chi connectivity index (χ1n) is 7.08. The summed E-state index contributed by atoms with van der Waals surface area (Å²) in [4.78, 5) is 31.9. The summed E-state index contributed by atoms with van der Waals surface area (Å²) < 4.78 is 6.03. The molecule has 0 saturated carbocycles. The number of hydrogen-bond acceptors (Lipinski definition) is 6. The molecule has 0 radical (unpaired) electrons. The molecule has 6 nitrogen and oxygen atoms in total. The summed E-state index contributed by atoms with van der Waals surface area (Å²) in [5, 5.41) is 3.18. The largest absolute Gasteiger partial charge is 0.455 e. The van der Waals surface area contributed by atoms with Crippen LogP contribution in [0.3, 0.4) is 0 Å². The average Bonchev–Trinajstić information content (AvgIpc) is 2.52. The van der Waals surface area contributed by atoms with Crippen LogP contribution in [0.25, 0.3) is 0 Å². The normalized spacial score (nSPS) is 10.3. The van der Waals surface area contributed by atoms with E-state index in [1.54, 1.807) is 12.1 Å². The Labute approximate surface area is 157 Å². The number of carbonyl (C=O) groups is 2. The molecule has 0 unspecified atom stereocenters. The van der Waals surface area contributed by atoms with Crippen molar-refractivity contribution in [2.45, 2.75) is 19.0 Å². The van der Waals surface area contributed by atoms with Crippen LogP contribution in [-0.4, -0.2) is 34.2 Å². The van der Waals surface area contributed by atoms with Crippen LogP contribution in [0.15, 0.2) is 35.5 Å². The lowest BCUT2D eigenvalue weighted by atomic mass is 10.3. The van der Waals surface area contributed by atoms with Crippen LogP contribution in [0.4, 0.5) is 5.69 Å². The van der Waals surface area contributed by atoms with Gasteiger partial charge in [-0.3, -0.25) is 9.59 Å². The molecule has 0 spiro atoms. The van der Waals surface area contributed by atoms with Crippen LogP contribution in [0.2, 0.25) is 0 Å². The number of anilines is 1. The first kappa shape index (κ1) is 18.7. The fourth-order valence-corrected chi connectivity index (χ4v) is 2.91. The second kappa shape index (κ2) is 8.97. The van der Waals surface area contributed by atoms with E-state index in [1.165, 1.54) is 11.8 Å². The quantitative estimate of drug-likeness (QED) is 0.311. The number of benzene rings is 1. The van der Waals surface area contributed by atoms with Crippen LogP contribution in [0.5, 0.6) is 0 Å². The van der Waals surface area contributed by atoms with Gasteiger partial charge in [0.2, 0.25) is 0 Å². The van der Waals surface area contributed by atoms with E-state index in [2.05, 4.69) is 37.9 Å². The number of amides is 1. The topological polar surface area (TPSA) is 81.2 Å². The molecule has 1 aromatic carbocycles. The first-order chi connectivity index (χ1) is 11.4. The van der Waals surface area contributed by atoms with E-state index >= 15 is 0 Å². The number of nitrogens with one attached hydrogen (secondary N) is 1. The van der Waals surface area contributed by atoms with E-state index in [0.29, 0.717) is 10.8 Å². The van der Waals surface area contributed by atoms with Gasteiger partial charge in [-0.1, -0.05) is 11.8 Å². The molecule has 0 atom stereocenters. The molecule has 1 N–H and O–H groups in total. The molecule has 2 aromatic rings. The zero-order valence-corrected chi connectivity index (χ0v) is 16.2. The van der Waals surface area contributed by atoms with Crippen molar-refractivity contribution in [3.8, 4) is 0 Å². The standard InChI is InChI=1S/C16H16IN3O3S/c1-10-7-11(2)19-16(18-10)24-9-15(22)23-8-14(21)20-13-5-3-12(17)4-6-13/h3-7H,8-9H2,1-2H3,(H,20,21). The van der Waals surface area contributed by atoms with Crippen LogP contribution in [0.1, 0.15) is 11.4 Å². The summed E-state index contributed by atoms with van der Waals surface area (Å²) in [6, 6.07) is 9.19. The Morgan fingerprint density at radius 1 is 1.17 bits per heavy atom. The number of aromatic nitrogens is 2. The number of halogens is 1. The van der Waals surface area contributed by atoms with Crippen LogP contribution < -0.4 is 5.32 Å². The second-order valence-corrected chi connectivity index (χ2v) is 7.13. The summed E-state index contributed by atoms with van der Waals surface area (Å²) >= 11 is 3.36. The van der Waals surface area contributed by atoms with Crippen molar-refractivity contribution in [3.05, 3.63) is 45.3 Å². The van der Waals surface area contributed by atoms with Gasteiger partial charge >= 0.3 is 5.97 Å². The average molecular weight is 457 g/mol. The fraction of sp³-hybridized carbons (Fsp3) is 0.250. The number of carbonyl (C=O) groups excluding carboxylic acids is 2. The predicted molar refractivity (Wildman–Crippen MR) is 101 cm³/mol. The Kier molecular flexibility index (Phi) is 6.98. The van der Waals surface area contributed by atoms with Gasteiger partial charge in [0.15, 0.2) is 11.8 Å². The minimum absolute atomic E-state index is 0.0553. The van der Waals surface area contributed by atoms with Gasteiger partial charge in [-0.15, -0.1) is 0 Å². The van der Waals surface area contributed by atoms with Crippen molar-refractivity contribution in [1.29, 1.82) is 0 Å². The number of aryl methyl sites for hydroxylation is 2. The van der Waals surface area contributed by atoms with Crippen LogP contribution in [0, 0.1) is 17.4 Å². The molecule has 0 aliphatic carbocycles. The molecule has 0 aliphatic heterocycles. The molecule has 0 bridgehead atoms. The van der Waals surface area contributed by atoms with Crippen molar-refractivity contribution in [2.75, 3.05) is 17.7 Å². The van der Waals surface area contributed by atoms with Gasteiger partial charge in [-0.2, -0.15) is 0 Å². The molecule has 126 valence electrons. The summed E-state index contributed by atoms with van der Waals surface area (Å²) in [5.74, 6) is -0.808. The number of nitrogens with zero attached hydrogens (tertiary/aromatic N) is 2. The molecule has 0 saturated heterocycles. The maximum Gasteiger partial charge on any atom is 0.316 e. The highest BCUT2D eigenvalue weighted by atomic mass is 127. The molecule has 2 rings (SSSR count). The summed E-state index contributed by atoms with van der Waals surface area (Å²) in [7, 11) is 0. The third-order valence-corrected chi connectivity index (χ3v) is 4.31. The Hall–Kier alpha value is -1.68. The van der Waals surface area contributed by atoms with Gasteiger partial charge in [0.05, 0.1) is 5.75 Å². The highest BCUT2D eigenvalue weighted by molar-refractivity contribution is 14.1. The zero-order chi connectivity index (χ0) is 17.5. The predicted octanol–water partition coefficient (Wildman–Crippen LogP) is 2.97. The lowest BCUT2D eigenvalue weighted by Gasteiger charge is -2.07. The molecule has 8 heteroatoms. The van der Waals surface area contributed by atoms with Gasteiger partial charge in [-0.05, 0) is 66.8 Å². The molecule has 0 aliphatic rings. The summed E-state index contributed by atoms with van der Waals surface area (Å²) in [5.41, 5.74) is 2.35. The van der Waals surface area contributed by atoms with E-state index in [9.17, 15) is 9.59 Å². The minimum atomic E-state index is -0.486. The summed E-state index contributed by atoms with van der Waals surface area (Å²) in [6.07, 6.45) is 0. The van der Waals surface area contributed by atoms with Crippen molar-refractivity contribution in [2.24, 2.45) is 0 Å². The Morgan fingerprint density at radius 2 is 1.79 bits per heavy atom. The van der Waals surface area contributed by atoms with Crippen molar-refractivity contribution in [3.63, 3.8) is 0 Å². The van der Waals surface area contributed by atoms with E-state index in [1.807, 2.05) is 32.0 Å². The molecular weight excluding hydrogens is 441 g/mol. The molecule has 24 heavy (non-hydrogen) atoms. The van der Waals surface area contributed by atoms with Gasteiger partial charge < -0.3 is 10.1 Å². The van der Waals surface area contributed by atoms with Gasteiger partial charge in [0.25, 0.3) is 5.91 Å². The monoisotopic (exact) mass is 457 g/mol. The fourth-order valence-electron chi connectivity index (χ4n) is 1.80. The Bertz CT molecular complexity index is 718. The second-order valence-electron chi connectivity index (χ2n) is 4.94. The number of ether oxygens (including phenoxy) is 1. The van der Waals surface area contributed by atoms with Gasteiger partial charge in [0.1, 0.15) is 0 Å². The number of esters is 1. The van der Waals surface area contributed by atoms with Crippen molar-refractivity contribution < 1.29 is 14.3 Å². The third kappa shape index (κ3) is 6.44. The lowest BCUT2D eigenvalue weighted by molar-refractivity contribution is -0.144. The van der Waals surface area contributed by atoms with E-state index in [4.69, 9.17) is 4.74 Å². The smallest absolute Gasteiger partial charge is 0.316 e. The van der Waals surface area contributed by atoms with Crippen LogP contribution in [-0.2, 0) is 14.3 Å². The maximum absolute atomic E-state index is 11.7. The lowest BCUT2D eigenvalue weighted by Crippen LogP contribution is -2.21. The molecule has 0 fully saturated rings.